The zero-order valence-corrected chi connectivity index (χ0v) is 17.6. The highest BCUT2D eigenvalue weighted by Crippen LogP contribution is 2.51. The maximum absolute atomic E-state index is 15.0. The van der Waals surface area contributed by atoms with Crippen LogP contribution in [0, 0.1) is 23.1 Å². The molecule has 1 amide bonds. The van der Waals surface area contributed by atoms with E-state index in [0.29, 0.717) is 5.56 Å². The third kappa shape index (κ3) is 3.91. The zero-order chi connectivity index (χ0) is 23.1. The number of hydrogen-bond donors (Lipinski definition) is 2. The molecule has 7 nitrogen and oxygen atoms in total. The number of thioether (sulfide) groups is 1. The lowest BCUT2D eigenvalue weighted by Gasteiger charge is -2.37. The Kier molecular flexibility index (Phi) is 5.60. The van der Waals surface area contributed by atoms with Crippen LogP contribution < -0.4 is 11.1 Å². The first-order valence-corrected chi connectivity index (χ1v) is 10.6. The van der Waals surface area contributed by atoms with Crippen molar-refractivity contribution in [3.8, 4) is 6.07 Å². The fourth-order valence-corrected chi connectivity index (χ4v) is 5.02. The average molecular weight is 461 g/mol. The molecule has 2 unspecified atom stereocenters. The van der Waals surface area contributed by atoms with Crippen molar-refractivity contribution in [2.45, 2.75) is 24.5 Å². The molecule has 32 heavy (non-hydrogen) atoms. The van der Waals surface area contributed by atoms with Crippen LogP contribution in [0.3, 0.4) is 0 Å². The van der Waals surface area contributed by atoms with Gasteiger partial charge in [-0.15, -0.1) is 0 Å². The summed E-state index contributed by atoms with van der Waals surface area (Å²) in [6, 6.07) is 8.57. The van der Waals surface area contributed by atoms with E-state index in [2.05, 4.69) is 15.3 Å². The van der Waals surface area contributed by atoms with Gasteiger partial charge in [0.1, 0.15) is 29.2 Å². The highest BCUT2D eigenvalue weighted by molar-refractivity contribution is 8.13. The molecule has 2 aliphatic heterocycles. The number of amides is 1. The Bertz CT molecular complexity index is 1130. The second-order valence-electron chi connectivity index (χ2n) is 7.67. The quantitative estimate of drug-likeness (QED) is 0.723. The Morgan fingerprint density at radius 3 is 2.84 bits per heavy atom. The number of amidine groups is 1. The van der Waals surface area contributed by atoms with Crippen molar-refractivity contribution in [2.24, 2.45) is 16.6 Å². The number of anilines is 1. The van der Waals surface area contributed by atoms with Crippen molar-refractivity contribution in [3.05, 3.63) is 59.2 Å². The minimum absolute atomic E-state index is 0.0167. The number of nitrogens with zero attached hydrogens (tertiary/aromatic N) is 3. The molecule has 4 rings (SSSR count). The number of fused-ring (bicyclic) bond motifs is 1. The second-order valence-corrected chi connectivity index (χ2v) is 8.71. The van der Waals surface area contributed by atoms with Gasteiger partial charge in [-0.3, -0.25) is 4.79 Å². The van der Waals surface area contributed by atoms with Gasteiger partial charge in [-0.25, -0.2) is 23.1 Å². The fourth-order valence-electron chi connectivity index (χ4n) is 4.00. The number of nitrogens with one attached hydrogen (secondary N) is 1. The largest absolute Gasteiger partial charge is 0.379 e. The molecule has 11 heteroatoms. The molecule has 0 radical (unpaired) electrons. The van der Waals surface area contributed by atoms with Gasteiger partial charge in [-0.05, 0) is 30.3 Å². The number of hydrogen-bond acceptors (Lipinski definition) is 7. The van der Waals surface area contributed by atoms with Gasteiger partial charge in [0.25, 0.3) is 11.8 Å². The third-order valence-corrected chi connectivity index (χ3v) is 6.41. The van der Waals surface area contributed by atoms with Crippen molar-refractivity contribution in [3.63, 3.8) is 0 Å². The summed E-state index contributed by atoms with van der Waals surface area (Å²) in [5.74, 6) is -5.03. The van der Waals surface area contributed by atoms with E-state index in [1.165, 1.54) is 30.5 Å². The van der Waals surface area contributed by atoms with E-state index in [0.717, 1.165) is 24.8 Å². The molecule has 0 spiro atoms. The Balaban J connectivity index is 1.69. The summed E-state index contributed by atoms with van der Waals surface area (Å²) < 4.78 is 48.8. The van der Waals surface area contributed by atoms with Crippen molar-refractivity contribution < 1.29 is 22.7 Å². The molecule has 1 aromatic heterocycles. The van der Waals surface area contributed by atoms with E-state index in [9.17, 15) is 18.0 Å². The molecular formula is C21H18F3N5O2S. The monoisotopic (exact) mass is 461 g/mol. The summed E-state index contributed by atoms with van der Waals surface area (Å²) in [5, 5.41) is 11.6. The lowest BCUT2D eigenvalue weighted by molar-refractivity contribution is -0.113. The van der Waals surface area contributed by atoms with Crippen LogP contribution in [-0.2, 0) is 10.3 Å². The van der Waals surface area contributed by atoms with E-state index in [-0.39, 0.29) is 34.5 Å². The van der Waals surface area contributed by atoms with E-state index < -0.39 is 35.2 Å². The Morgan fingerprint density at radius 1 is 1.41 bits per heavy atom. The minimum atomic E-state index is -3.15. The average Bonchev–Trinajstić information content (AvgIpc) is 3.15. The smallest absolute Gasteiger partial charge is 0.274 e. The first-order chi connectivity index (χ1) is 15.1. The molecule has 0 bridgehead atoms. The molecule has 166 valence electrons. The molecule has 3 heterocycles. The van der Waals surface area contributed by atoms with Crippen LogP contribution in [0.5, 0.6) is 0 Å². The first kappa shape index (κ1) is 22.1. The van der Waals surface area contributed by atoms with Crippen molar-refractivity contribution in [1.82, 2.24) is 4.98 Å². The van der Waals surface area contributed by atoms with Gasteiger partial charge in [0.05, 0.1) is 12.2 Å². The van der Waals surface area contributed by atoms with Crippen LogP contribution in [0.2, 0.25) is 0 Å². The molecule has 1 aromatic carbocycles. The van der Waals surface area contributed by atoms with Crippen LogP contribution in [0.1, 0.15) is 28.5 Å². The van der Waals surface area contributed by atoms with E-state index in [4.69, 9.17) is 15.7 Å². The number of nitriles is 1. The summed E-state index contributed by atoms with van der Waals surface area (Å²) in [5.41, 5.74) is 5.04. The van der Waals surface area contributed by atoms with Gasteiger partial charge in [-0.2, -0.15) is 5.26 Å². The van der Waals surface area contributed by atoms with Crippen LogP contribution in [-0.4, -0.2) is 40.4 Å². The van der Waals surface area contributed by atoms with Crippen LogP contribution in [0.25, 0.3) is 0 Å². The molecule has 3 N–H and O–H groups in total. The van der Waals surface area contributed by atoms with Crippen molar-refractivity contribution in [2.75, 3.05) is 17.7 Å². The number of aliphatic imine (C=N–C) groups is 1. The van der Waals surface area contributed by atoms with E-state index >= 15 is 0 Å². The normalized spacial score (nSPS) is 24.9. The number of rotatable bonds is 4. The summed E-state index contributed by atoms with van der Waals surface area (Å²) in [6.45, 7) is 0.496. The predicted molar refractivity (Wildman–Crippen MR) is 113 cm³/mol. The van der Waals surface area contributed by atoms with Gasteiger partial charge in [0.2, 0.25) is 0 Å². The highest BCUT2D eigenvalue weighted by Gasteiger charge is 2.59. The molecule has 0 saturated carbocycles. The van der Waals surface area contributed by atoms with Gasteiger partial charge >= 0.3 is 0 Å². The topological polar surface area (TPSA) is 113 Å². The lowest BCUT2D eigenvalue weighted by Crippen LogP contribution is -2.46. The van der Waals surface area contributed by atoms with Crippen LogP contribution in [0.4, 0.5) is 18.9 Å². The summed E-state index contributed by atoms with van der Waals surface area (Å²) in [4.78, 5) is 20.8. The van der Waals surface area contributed by atoms with Crippen LogP contribution in [0.15, 0.2) is 41.5 Å². The molecule has 3 atom stereocenters. The third-order valence-electron chi connectivity index (χ3n) is 5.50. The number of nitrogens with two attached hydrogens (primary N) is 1. The Labute approximate surface area is 185 Å². The second kappa shape index (κ2) is 8.11. The van der Waals surface area contributed by atoms with E-state index in [1.54, 1.807) is 0 Å². The number of halogens is 3. The van der Waals surface area contributed by atoms with Gasteiger partial charge in [0, 0.05) is 36.0 Å². The first-order valence-electron chi connectivity index (χ1n) is 9.59. The minimum Gasteiger partial charge on any atom is -0.379 e. The summed E-state index contributed by atoms with van der Waals surface area (Å²) >= 11 is 1.12. The number of carbonyl (C=O) groups excluding carboxylic acids is 1. The molecule has 2 aromatic rings. The number of ether oxygens (including phenoxy) is 1. The number of aromatic nitrogens is 1. The van der Waals surface area contributed by atoms with Gasteiger partial charge in [0.15, 0.2) is 5.17 Å². The number of alkyl halides is 2. The lowest BCUT2D eigenvalue weighted by atomic mass is 9.77. The summed E-state index contributed by atoms with van der Waals surface area (Å²) in [6.07, 6.45) is -0.195. The van der Waals surface area contributed by atoms with Crippen molar-refractivity contribution >= 4 is 28.5 Å². The van der Waals surface area contributed by atoms with E-state index in [1.807, 2.05) is 6.07 Å². The molecule has 0 aliphatic carbocycles. The standard InChI is InChI=1S/C21H18F3N5O2S/c1-20(23,24)17-14-9-32-19(26)29-21(14,10-31-17)13-6-12(3-4-15(13)22)28-18(30)16-5-2-11(7-25)8-27-16/h2-6,8,14,17H,9-10H2,1H3,(H2,26,29)(H,28,30)/t14-,17?,21?/m1/s1. The van der Waals surface area contributed by atoms with Gasteiger partial charge < -0.3 is 15.8 Å². The predicted octanol–water partition coefficient (Wildman–Crippen LogP) is 3.27. The SMILES string of the molecule is CC(F)(F)C1OCC2(c3cc(NC(=O)c4ccc(C#N)cn4)ccc3F)N=C(N)SC[C@H]12. The maximum atomic E-state index is 15.0. The zero-order valence-electron chi connectivity index (χ0n) is 16.8. The molecular weight excluding hydrogens is 443 g/mol. The Morgan fingerprint density at radius 2 is 2.19 bits per heavy atom. The highest BCUT2D eigenvalue weighted by atomic mass is 32.2. The fraction of sp³-hybridized carbons (Fsp3) is 0.333. The molecule has 1 fully saturated rings. The number of pyridine rings is 1. The molecule has 2 aliphatic rings. The Hall–Kier alpha value is -3.10. The van der Waals surface area contributed by atoms with Crippen LogP contribution >= 0.6 is 11.8 Å². The van der Waals surface area contributed by atoms with Crippen molar-refractivity contribution in [1.29, 1.82) is 5.26 Å². The number of benzene rings is 1. The molecule has 1 saturated heterocycles. The number of carbonyl (C=O) groups is 1. The van der Waals surface area contributed by atoms with Gasteiger partial charge in [-0.1, -0.05) is 11.8 Å². The summed E-state index contributed by atoms with van der Waals surface area (Å²) in [7, 11) is 0. The maximum Gasteiger partial charge on any atom is 0.274 e.